The molecule has 0 aromatic heterocycles. The summed E-state index contributed by atoms with van der Waals surface area (Å²) in [5, 5.41) is 0.638. The van der Waals surface area contributed by atoms with Gasteiger partial charge in [0.25, 0.3) is 10.0 Å². The monoisotopic (exact) mass is 710 g/mol. The number of carbonyl (C=O) groups is 1. The lowest BCUT2D eigenvalue weighted by molar-refractivity contribution is -0.330. The van der Waals surface area contributed by atoms with Gasteiger partial charge in [0.1, 0.15) is 5.75 Å². The topological polar surface area (TPSA) is 94.2 Å². The van der Waals surface area contributed by atoms with Crippen molar-refractivity contribution < 1.29 is 40.6 Å². The molecule has 2 heterocycles. The van der Waals surface area contributed by atoms with Crippen molar-refractivity contribution in [2.45, 2.75) is 81.8 Å². The second kappa shape index (κ2) is 13.5. The van der Waals surface area contributed by atoms with Crippen LogP contribution in [0.25, 0.3) is 0 Å². The van der Waals surface area contributed by atoms with Crippen molar-refractivity contribution in [2.24, 2.45) is 23.7 Å². The summed E-state index contributed by atoms with van der Waals surface area (Å²) < 4.78 is 86.5. The summed E-state index contributed by atoms with van der Waals surface area (Å²) in [4.78, 5) is 15.0. The Labute approximate surface area is 285 Å². The van der Waals surface area contributed by atoms with E-state index in [0.717, 1.165) is 43.2 Å². The van der Waals surface area contributed by atoms with Crippen LogP contribution in [0, 0.1) is 23.7 Å². The van der Waals surface area contributed by atoms with Crippen molar-refractivity contribution in [3.8, 4) is 5.75 Å². The van der Waals surface area contributed by atoms with Gasteiger partial charge in [-0.05, 0) is 91.7 Å². The SMILES string of the molecule is CO[C@H]1/C=C/C[C@H](C)[C@@H](C)C(=O)NS(=O)(=O)c2cc3c(cc2COC(F)(F)F)OC[C@]2(CCCc4cc(Cl)ccc42)CN3C[C@@H]2CC[C@H]21. The van der Waals surface area contributed by atoms with Crippen LogP contribution >= 0.6 is 11.6 Å². The standard InChI is InChI=1S/C35H42ClF3N2O6S/c1-21-6-4-8-30(45-3)27-11-9-24(27)17-41-19-34(13-5-7-23-14-26(36)10-12-28(23)34)20-46-31-15-25(18-47-35(37,38)39)32(16-29(31)41)48(43,44)40-33(42)22(21)2/h4,8,10,12,14-16,21-22,24,27,30H,5-7,9,11,13,17-20H2,1-3H3,(H,40,42)/b8-4+/t21-,22+,24-,27+,30-,34-/m0/s1. The molecular weight excluding hydrogens is 669 g/mol. The molecule has 2 aromatic carbocycles. The lowest BCUT2D eigenvalue weighted by Gasteiger charge is -2.46. The quantitative estimate of drug-likeness (QED) is 0.346. The van der Waals surface area contributed by atoms with E-state index in [1.807, 2.05) is 37.3 Å². The summed E-state index contributed by atoms with van der Waals surface area (Å²) in [5.41, 5.74) is 1.92. The molecule has 2 aliphatic heterocycles. The molecule has 2 bridgehead atoms. The number of hydrogen-bond donors (Lipinski definition) is 1. The molecule has 0 radical (unpaired) electrons. The number of nitrogens with one attached hydrogen (secondary N) is 1. The normalized spacial score (nSPS) is 31.0. The first-order valence-electron chi connectivity index (χ1n) is 16.5. The van der Waals surface area contributed by atoms with Crippen molar-refractivity contribution in [1.29, 1.82) is 0 Å². The van der Waals surface area contributed by atoms with Crippen molar-refractivity contribution in [3.63, 3.8) is 0 Å². The van der Waals surface area contributed by atoms with Gasteiger partial charge in [-0.3, -0.25) is 9.53 Å². The van der Waals surface area contributed by atoms with Gasteiger partial charge in [0.05, 0.1) is 29.9 Å². The van der Waals surface area contributed by atoms with Gasteiger partial charge < -0.3 is 14.4 Å². The van der Waals surface area contributed by atoms with E-state index in [2.05, 4.69) is 14.4 Å². The van der Waals surface area contributed by atoms with Crippen LogP contribution in [0.1, 0.15) is 62.6 Å². The predicted molar refractivity (Wildman–Crippen MR) is 175 cm³/mol. The van der Waals surface area contributed by atoms with E-state index in [-0.39, 0.29) is 41.8 Å². The predicted octanol–water partition coefficient (Wildman–Crippen LogP) is 6.93. The highest BCUT2D eigenvalue weighted by molar-refractivity contribution is 7.90. The minimum absolute atomic E-state index is 0.139. The number of hydrogen-bond acceptors (Lipinski definition) is 7. The molecule has 0 saturated heterocycles. The van der Waals surface area contributed by atoms with Gasteiger partial charge in [0.15, 0.2) is 0 Å². The smallest absolute Gasteiger partial charge is 0.490 e. The molecule has 1 N–H and O–H groups in total. The summed E-state index contributed by atoms with van der Waals surface area (Å²) >= 11 is 6.39. The summed E-state index contributed by atoms with van der Waals surface area (Å²) in [7, 11) is -2.93. The number of ether oxygens (including phenoxy) is 3. The summed E-state index contributed by atoms with van der Waals surface area (Å²) in [6, 6.07) is 8.54. The van der Waals surface area contributed by atoms with Crippen LogP contribution in [0.5, 0.6) is 5.75 Å². The number of carbonyl (C=O) groups excluding carboxylic acids is 1. The van der Waals surface area contributed by atoms with Gasteiger partial charge in [0.2, 0.25) is 5.91 Å². The Bertz CT molecular complexity index is 1680. The van der Waals surface area contributed by atoms with E-state index >= 15 is 0 Å². The number of fused-ring (bicyclic) bond motifs is 4. The average molecular weight is 711 g/mol. The van der Waals surface area contributed by atoms with Crippen molar-refractivity contribution in [2.75, 3.05) is 31.7 Å². The third-order valence-corrected chi connectivity index (χ3v) is 12.5. The Morgan fingerprint density at radius 3 is 2.67 bits per heavy atom. The third-order valence-electron chi connectivity index (χ3n) is 10.9. The first-order chi connectivity index (χ1) is 22.7. The maximum absolute atomic E-state index is 13.9. The van der Waals surface area contributed by atoms with E-state index in [9.17, 15) is 26.4 Å². The van der Waals surface area contributed by atoms with Gasteiger partial charge in [-0.25, -0.2) is 13.1 Å². The van der Waals surface area contributed by atoms with E-state index in [1.165, 1.54) is 12.1 Å². The van der Waals surface area contributed by atoms with E-state index < -0.39 is 45.1 Å². The van der Waals surface area contributed by atoms with Crippen LogP contribution in [0.15, 0.2) is 47.4 Å². The van der Waals surface area contributed by atoms with Gasteiger partial charge in [-0.15, -0.1) is 13.2 Å². The molecule has 6 atom stereocenters. The lowest BCUT2D eigenvalue weighted by atomic mass is 9.68. The van der Waals surface area contributed by atoms with Crippen molar-refractivity contribution in [1.82, 2.24) is 4.72 Å². The molecule has 8 nitrogen and oxygen atoms in total. The number of halogens is 4. The maximum atomic E-state index is 13.9. The Hall–Kier alpha value is -2.80. The highest BCUT2D eigenvalue weighted by Gasteiger charge is 2.45. The van der Waals surface area contributed by atoms with Crippen LogP contribution < -0.4 is 14.4 Å². The number of amides is 1. The van der Waals surface area contributed by atoms with E-state index in [0.29, 0.717) is 30.2 Å². The first-order valence-corrected chi connectivity index (χ1v) is 18.4. The minimum Gasteiger partial charge on any atom is -0.490 e. The number of sulfonamides is 1. The van der Waals surface area contributed by atoms with Crippen LogP contribution in [-0.2, 0) is 42.7 Å². The fourth-order valence-corrected chi connectivity index (χ4v) is 9.29. The number of nitrogens with zero attached hydrogens (tertiary/aromatic N) is 1. The van der Waals surface area contributed by atoms with Crippen LogP contribution in [0.3, 0.4) is 0 Å². The van der Waals surface area contributed by atoms with Gasteiger partial charge in [0, 0.05) is 42.1 Å². The number of methoxy groups -OCH3 is 1. The number of rotatable bonds is 3. The van der Waals surface area contributed by atoms with Gasteiger partial charge >= 0.3 is 6.36 Å². The Morgan fingerprint density at radius 1 is 1.17 bits per heavy atom. The minimum atomic E-state index is -5.01. The Kier molecular flexibility index (Phi) is 9.85. The van der Waals surface area contributed by atoms with E-state index in [4.69, 9.17) is 21.1 Å². The fourth-order valence-electron chi connectivity index (χ4n) is 7.81. The molecular formula is C35H42ClF3N2O6S. The largest absolute Gasteiger partial charge is 0.522 e. The summed E-state index contributed by atoms with van der Waals surface area (Å²) in [5.74, 6) is -0.988. The van der Waals surface area contributed by atoms with Gasteiger partial charge in [-0.1, -0.05) is 43.7 Å². The fraction of sp³-hybridized carbons (Fsp3) is 0.571. The molecule has 1 amide bonds. The molecule has 1 saturated carbocycles. The Balaban J connectivity index is 1.50. The first kappa shape index (κ1) is 35.0. The van der Waals surface area contributed by atoms with Gasteiger partial charge in [-0.2, -0.15) is 0 Å². The molecule has 4 aliphatic rings. The van der Waals surface area contributed by atoms with Crippen LogP contribution in [0.2, 0.25) is 5.02 Å². The zero-order chi connectivity index (χ0) is 34.4. The third kappa shape index (κ3) is 7.09. The van der Waals surface area contributed by atoms with Crippen molar-refractivity contribution in [3.05, 3.63) is 64.2 Å². The van der Waals surface area contributed by atoms with Crippen molar-refractivity contribution >= 4 is 33.2 Å². The number of aryl methyl sites for hydroxylation is 1. The molecule has 48 heavy (non-hydrogen) atoms. The van der Waals surface area contributed by atoms with Crippen LogP contribution in [-0.4, -0.2) is 53.6 Å². The molecule has 2 aliphatic carbocycles. The zero-order valence-corrected chi connectivity index (χ0v) is 28.9. The molecule has 2 aromatic rings. The zero-order valence-electron chi connectivity index (χ0n) is 27.3. The maximum Gasteiger partial charge on any atom is 0.522 e. The lowest BCUT2D eigenvalue weighted by Crippen LogP contribution is -2.49. The number of anilines is 1. The van der Waals surface area contributed by atoms with E-state index in [1.54, 1.807) is 14.0 Å². The molecule has 262 valence electrons. The number of alkyl halides is 3. The molecule has 6 rings (SSSR count). The molecule has 13 heteroatoms. The summed E-state index contributed by atoms with van der Waals surface area (Å²) in [6.45, 7) is 3.69. The number of allylic oxidation sites excluding steroid dienone is 1. The Morgan fingerprint density at radius 2 is 1.96 bits per heavy atom. The molecule has 1 spiro atoms. The molecule has 1 fully saturated rings. The molecule has 0 unspecified atom stereocenters. The highest BCUT2D eigenvalue weighted by Crippen LogP contribution is 2.48. The number of benzene rings is 2. The second-order valence-corrected chi connectivity index (χ2v) is 16.0. The highest BCUT2D eigenvalue weighted by atomic mass is 35.5. The second-order valence-electron chi connectivity index (χ2n) is 13.9. The average Bonchev–Trinajstić information content (AvgIpc) is 3.16. The summed E-state index contributed by atoms with van der Waals surface area (Å²) in [6.07, 6.45) is 3.85. The van der Waals surface area contributed by atoms with Crippen LogP contribution in [0.4, 0.5) is 18.9 Å².